The van der Waals surface area contributed by atoms with Crippen molar-refractivity contribution in [2.45, 2.75) is 12.6 Å². The Hall–Kier alpha value is -1.84. The molecule has 2 aromatic rings. The minimum absolute atomic E-state index is 0.513. The quantitative estimate of drug-likeness (QED) is 0.865. The van der Waals surface area contributed by atoms with Crippen LogP contribution in [0.5, 0.6) is 5.75 Å². The molecule has 2 rings (SSSR count). The summed E-state index contributed by atoms with van der Waals surface area (Å²) in [7, 11) is 1.62. The van der Waals surface area contributed by atoms with Crippen LogP contribution >= 0.6 is 0 Å². The van der Waals surface area contributed by atoms with Crippen molar-refractivity contribution in [3.05, 3.63) is 65.2 Å². The van der Waals surface area contributed by atoms with Gasteiger partial charge in [-0.3, -0.25) is 0 Å². The summed E-state index contributed by atoms with van der Waals surface area (Å²) >= 11 is 0. The molecule has 0 aliphatic rings. The number of ether oxygens (including phenoxy) is 1. The van der Waals surface area contributed by atoms with Gasteiger partial charge in [-0.15, -0.1) is 0 Å². The van der Waals surface area contributed by atoms with Crippen LogP contribution in [-0.2, 0) is 6.54 Å². The topological polar surface area (TPSA) is 55.5 Å². The normalized spacial score (nSPS) is 12.2. The van der Waals surface area contributed by atoms with Crippen molar-refractivity contribution < 1.29 is 9.84 Å². The Labute approximate surface area is 107 Å². The summed E-state index contributed by atoms with van der Waals surface area (Å²) in [5.74, 6) is 0.782. The molecule has 0 fully saturated rings. The minimum Gasteiger partial charge on any atom is -0.497 e. The van der Waals surface area contributed by atoms with E-state index in [1.54, 1.807) is 7.11 Å². The van der Waals surface area contributed by atoms with Crippen molar-refractivity contribution in [2.24, 2.45) is 5.73 Å². The third-order valence-electron chi connectivity index (χ3n) is 2.96. The first kappa shape index (κ1) is 12.6. The molecule has 0 radical (unpaired) electrons. The average molecular weight is 243 g/mol. The molecule has 0 spiro atoms. The van der Waals surface area contributed by atoms with Crippen molar-refractivity contribution in [2.75, 3.05) is 7.11 Å². The lowest BCUT2D eigenvalue weighted by Gasteiger charge is -2.12. The number of nitrogens with two attached hydrogens (primary N) is 1. The van der Waals surface area contributed by atoms with Gasteiger partial charge in [-0.2, -0.15) is 0 Å². The summed E-state index contributed by atoms with van der Waals surface area (Å²) in [5.41, 5.74) is 8.30. The standard InChI is InChI=1S/C15H17NO2/c1-18-14-8-6-13(7-9-14)15(17)12-4-2-11(10-16)3-5-12/h2-9,15,17H,10,16H2,1H3. The van der Waals surface area contributed by atoms with Crippen LogP contribution in [0.2, 0.25) is 0 Å². The Morgan fingerprint density at radius 2 is 1.50 bits per heavy atom. The molecule has 1 atom stereocenters. The number of aliphatic hydroxyl groups excluding tert-OH is 1. The van der Waals surface area contributed by atoms with Crippen molar-refractivity contribution >= 4 is 0 Å². The van der Waals surface area contributed by atoms with Crippen molar-refractivity contribution in [1.82, 2.24) is 0 Å². The summed E-state index contributed by atoms with van der Waals surface area (Å²) in [6.45, 7) is 0.513. The number of rotatable bonds is 4. The molecule has 94 valence electrons. The molecular weight excluding hydrogens is 226 g/mol. The highest BCUT2D eigenvalue weighted by Crippen LogP contribution is 2.24. The molecule has 0 amide bonds. The summed E-state index contributed by atoms with van der Waals surface area (Å²) in [6, 6.07) is 15.1. The predicted molar refractivity (Wildman–Crippen MR) is 71.4 cm³/mol. The van der Waals surface area contributed by atoms with E-state index in [1.807, 2.05) is 48.5 Å². The third-order valence-corrected chi connectivity index (χ3v) is 2.96. The fourth-order valence-electron chi connectivity index (χ4n) is 1.81. The second-order valence-corrected chi connectivity index (χ2v) is 4.12. The number of hydrogen-bond donors (Lipinski definition) is 2. The van der Waals surface area contributed by atoms with Gasteiger partial charge >= 0.3 is 0 Å². The van der Waals surface area contributed by atoms with E-state index in [0.29, 0.717) is 6.54 Å². The molecule has 3 N–H and O–H groups in total. The van der Waals surface area contributed by atoms with Gasteiger partial charge < -0.3 is 15.6 Å². The van der Waals surface area contributed by atoms with E-state index >= 15 is 0 Å². The third kappa shape index (κ3) is 2.70. The molecule has 0 aromatic heterocycles. The zero-order chi connectivity index (χ0) is 13.0. The van der Waals surface area contributed by atoms with Gasteiger partial charge in [-0.25, -0.2) is 0 Å². The molecule has 0 heterocycles. The largest absolute Gasteiger partial charge is 0.497 e. The maximum Gasteiger partial charge on any atom is 0.118 e. The van der Waals surface area contributed by atoms with Crippen molar-refractivity contribution in [3.63, 3.8) is 0 Å². The van der Waals surface area contributed by atoms with E-state index < -0.39 is 6.10 Å². The Balaban J connectivity index is 2.20. The van der Waals surface area contributed by atoms with E-state index in [9.17, 15) is 5.11 Å². The minimum atomic E-state index is -0.622. The van der Waals surface area contributed by atoms with Crippen LogP contribution < -0.4 is 10.5 Å². The van der Waals surface area contributed by atoms with Gasteiger partial charge in [0.05, 0.1) is 7.11 Å². The van der Waals surface area contributed by atoms with Gasteiger partial charge in [0.2, 0.25) is 0 Å². The van der Waals surface area contributed by atoms with Crippen LogP contribution in [0.15, 0.2) is 48.5 Å². The van der Waals surface area contributed by atoms with E-state index in [1.165, 1.54) is 0 Å². The summed E-state index contributed by atoms with van der Waals surface area (Å²) < 4.78 is 5.09. The molecular formula is C15H17NO2. The maximum absolute atomic E-state index is 10.2. The summed E-state index contributed by atoms with van der Waals surface area (Å²) in [6.07, 6.45) is -0.622. The predicted octanol–water partition coefficient (Wildman–Crippen LogP) is 2.24. The average Bonchev–Trinajstić information content (AvgIpc) is 2.47. The van der Waals surface area contributed by atoms with Crippen LogP contribution in [-0.4, -0.2) is 12.2 Å². The molecule has 18 heavy (non-hydrogen) atoms. The number of aliphatic hydroxyl groups is 1. The highest BCUT2D eigenvalue weighted by Gasteiger charge is 2.10. The van der Waals surface area contributed by atoms with Gasteiger partial charge in [0, 0.05) is 6.54 Å². The molecule has 0 aliphatic carbocycles. The first-order chi connectivity index (χ1) is 8.74. The number of hydrogen-bond acceptors (Lipinski definition) is 3. The van der Waals surface area contributed by atoms with Crippen molar-refractivity contribution in [3.8, 4) is 5.75 Å². The molecule has 3 nitrogen and oxygen atoms in total. The van der Waals surface area contributed by atoms with E-state index in [0.717, 1.165) is 22.4 Å². The molecule has 0 saturated carbocycles. The van der Waals surface area contributed by atoms with E-state index in [4.69, 9.17) is 10.5 Å². The lowest BCUT2D eigenvalue weighted by Crippen LogP contribution is -2.01. The monoisotopic (exact) mass is 243 g/mol. The zero-order valence-electron chi connectivity index (χ0n) is 10.3. The molecule has 2 aromatic carbocycles. The Morgan fingerprint density at radius 3 is 1.94 bits per heavy atom. The van der Waals surface area contributed by atoms with Crippen LogP contribution in [0.1, 0.15) is 22.8 Å². The van der Waals surface area contributed by atoms with Gasteiger partial charge in [-0.05, 0) is 28.8 Å². The first-order valence-electron chi connectivity index (χ1n) is 5.85. The van der Waals surface area contributed by atoms with E-state index in [2.05, 4.69) is 0 Å². The maximum atomic E-state index is 10.2. The van der Waals surface area contributed by atoms with Crippen LogP contribution in [0.25, 0.3) is 0 Å². The lowest BCUT2D eigenvalue weighted by molar-refractivity contribution is 0.220. The Bertz CT molecular complexity index is 443. The Kier molecular flexibility index (Phi) is 3.97. The van der Waals surface area contributed by atoms with Gasteiger partial charge in [0.1, 0.15) is 11.9 Å². The number of methoxy groups -OCH3 is 1. The number of benzene rings is 2. The molecule has 0 aliphatic heterocycles. The zero-order valence-corrected chi connectivity index (χ0v) is 10.3. The smallest absolute Gasteiger partial charge is 0.118 e. The second kappa shape index (κ2) is 5.67. The van der Waals surface area contributed by atoms with Gasteiger partial charge in [0.25, 0.3) is 0 Å². The Morgan fingerprint density at radius 1 is 1.00 bits per heavy atom. The van der Waals surface area contributed by atoms with Crippen LogP contribution in [0.3, 0.4) is 0 Å². The summed E-state index contributed by atoms with van der Waals surface area (Å²) in [4.78, 5) is 0. The second-order valence-electron chi connectivity index (χ2n) is 4.12. The molecule has 0 bridgehead atoms. The van der Waals surface area contributed by atoms with Gasteiger partial charge in [-0.1, -0.05) is 36.4 Å². The first-order valence-corrected chi connectivity index (χ1v) is 5.85. The summed E-state index contributed by atoms with van der Waals surface area (Å²) in [5, 5.41) is 10.2. The lowest BCUT2D eigenvalue weighted by atomic mass is 10.0. The van der Waals surface area contributed by atoms with E-state index in [-0.39, 0.29) is 0 Å². The molecule has 0 saturated heterocycles. The van der Waals surface area contributed by atoms with Crippen LogP contribution in [0, 0.1) is 0 Å². The molecule has 1 unspecified atom stereocenters. The van der Waals surface area contributed by atoms with Crippen LogP contribution in [0.4, 0.5) is 0 Å². The van der Waals surface area contributed by atoms with Crippen molar-refractivity contribution in [1.29, 1.82) is 0 Å². The fraction of sp³-hybridized carbons (Fsp3) is 0.200. The highest BCUT2D eigenvalue weighted by atomic mass is 16.5. The fourth-order valence-corrected chi connectivity index (χ4v) is 1.81. The SMILES string of the molecule is COc1ccc(C(O)c2ccc(CN)cc2)cc1. The highest BCUT2D eigenvalue weighted by molar-refractivity contribution is 5.35. The molecule has 3 heteroatoms. The van der Waals surface area contributed by atoms with Gasteiger partial charge in [0.15, 0.2) is 0 Å².